The van der Waals surface area contributed by atoms with Crippen LogP contribution in [0.1, 0.15) is 22.8 Å². The minimum Gasteiger partial charge on any atom is -0.507 e. The van der Waals surface area contributed by atoms with Crippen molar-refractivity contribution in [3.8, 4) is 5.75 Å². The molecule has 2 aromatic carbocycles. The van der Waals surface area contributed by atoms with E-state index >= 15 is 0 Å². The molecule has 2 rings (SSSR count). The lowest BCUT2D eigenvalue weighted by Gasteiger charge is -2.03. The lowest BCUT2D eigenvalue weighted by Crippen LogP contribution is -2.05. The highest BCUT2D eigenvalue weighted by atomic mass is 16.3. The lowest BCUT2D eigenvalue weighted by molar-refractivity contribution is -0.114. The van der Waals surface area contributed by atoms with E-state index in [4.69, 9.17) is 0 Å². The van der Waals surface area contributed by atoms with Crippen LogP contribution in [0.2, 0.25) is 0 Å². The maximum absolute atomic E-state index is 12.0. The smallest absolute Gasteiger partial charge is 0.221 e. The Labute approximate surface area is 122 Å². The Kier molecular flexibility index (Phi) is 4.51. The molecule has 2 aromatic rings. The van der Waals surface area contributed by atoms with Crippen LogP contribution in [0.3, 0.4) is 0 Å². The number of amides is 1. The number of nitrogens with one attached hydrogen (secondary N) is 1. The summed E-state index contributed by atoms with van der Waals surface area (Å²) in [6, 6.07) is 13.5. The lowest BCUT2D eigenvalue weighted by atomic mass is 10.1. The van der Waals surface area contributed by atoms with E-state index in [1.807, 2.05) is 6.07 Å². The van der Waals surface area contributed by atoms with Crippen LogP contribution in [0.25, 0.3) is 6.08 Å². The Balaban J connectivity index is 2.16. The van der Waals surface area contributed by atoms with Gasteiger partial charge in [0.05, 0.1) is 5.56 Å². The molecular weight excluding hydrogens is 266 g/mol. The molecule has 106 valence electrons. The summed E-state index contributed by atoms with van der Waals surface area (Å²) in [5, 5.41) is 12.3. The Morgan fingerprint density at radius 1 is 1.10 bits per heavy atom. The third kappa shape index (κ3) is 4.04. The van der Waals surface area contributed by atoms with Crippen LogP contribution < -0.4 is 5.32 Å². The van der Waals surface area contributed by atoms with Crippen molar-refractivity contribution < 1.29 is 14.7 Å². The zero-order valence-corrected chi connectivity index (χ0v) is 11.5. The average Bonchev–Trinajstić information content (AvgIpc) is 2.45. The quantitative estimate of drug-likeness (QED) is 0.668. The molecular formula is C17H15NO3. The van der Waals surface area contributed by atoms with Gasteiger partial charge in [0.15, 0.2) is 5.78 Å². The number of carbonyl (C=O) groups excluding carboxylic acids is 2. The zero-order valence-electron chi connectivity index (χ0n) is 11.5. The van der Waals surface area contributed by atoms with Crippen molar-refractivity contribution in [2.24, 2.45) is 0 Å². The fourth-order valence-electron chi connectivity index (χ4n) is 1.87. The van der Waals surface area contributed by atoms with Gasteiger partial charge in [-0.25, -0.2) is 0 Å². The van der Waals surface area contributed by atoms with Crippen LogP contribution in [-0.4, -0.2) is 16.8 Å². The first-order valence-corrected chi connectivity index (χ1v) is 6.44. The summed E-state index contributed by atoms with van der Waals surface area (Å²) in [7, 11) is 0. The van der Waals surface area contributed by atoms with Gasteiger partial charge in [-0.15, -0.1) is 0 Å². The van der Waals surface area contributed by atoms with Crippen molar-refractivity contribution in [2.45, 2.75) is 6.92 Å². The normalized spacial score (nSPS) is 10.5. The zero-order chi connectivity index (χ0) is 15.2. The SMILES string of the molecule is CC(=O)Nc1cccc(/C=C/C(=O)c2ccccc2O)c1. The van der Waals surface area contributed by atoms with Crippen molar-refractivity contribution in [1.29, 1.82) is 0 Å². The van der Waals surface area contributed by atoms with E-state index in [0.29, 0.717) is 5.69 Å². The van der Waals surface area contributed by atoms with E-state index in [1.54, 1.807) is 42.5 Å². The number of allylic oxidation sites excluding steroid dienone is 1. The van der Waals surface area contributed by atoms with Gasteiger partial charge in [0.1, 0.15) is 5.75 Å². The van der Waals surface area contributed by atoms with Crippen LogP contribution in [0.4, 0.5) is 5.69 Å². The standard InChI is InChI=1S/C17H15NO3/c1-12(19)18-14-6-4-5-13(11-14)9-10-17(21)15-7-2-3-8-16(15)20/h2-11,20H,1H3,(H,18,19)/b10-9+. The van der Waals surface area contributed by atoms with Gasteiger partial charge >= 0.3 is 0 Å². The molecule has 0 aliphatic heterocycles. The number of ketones is 1. The predicted molar refractivity (Wildman–Crippen MR) is 82.2 cm³/mol. The van der Waals surface area contributed by atoms with Gasteiger partial charge in [0, 0.05) is 12.6 Å². The fraction of sp³-hybridized carbons (Fsp3) is 0.0588. The van der Waals surface area contributed by atoms with E-state index in [-0.39, 0.29) is 23.0 Å². The molecule has 0 heterocycles. The monoisotopic (exact) mass is 281 g/mol. The number of aromatic hydroxyl groups is 1. The molecule has 0 unspecified atom stereocenters. The fourth-order valence-corrected chi connectivity index (χ4v) is 1.87. The summed E-state index contributed by atoms with van der Waals surface area (Å²) < 4.78 is 0. The largest absolute Gasteiger partial charge is 0.507 e. The van der Waals surface area contributed by atoms with Gasteiger partial charge in [-0.2, -0.15) is 0 Å². The highest BCUT2D eigenvalue weighted by Crippen LogP contribution is 2.18. The van der Waals surface area contributed by atoms with E-state index in [9.17, 15) is 14.7 Å². The summed E-state index contributed by atoms with van der Waals surface area (Å²) in [6.45, 7) is 1.43. The molecule has 0 spiro atoms. The first-order valence-electron chi connectivity index (χ1n) is 6.44. The summed E-state index contributed by atoms with van der Waals surface area (Å²) >= 11 is 0. The van der Waals surface area contributed by atoms with E-state index in [2.05, 4.69) is 5.32 Å². The van der Waals surface area contributed by atoms with Gasteiger partial charge in [0.25, 0.3) is 0 Å². The Morgan fingerprint density at radius 2 is 1.86 bits per heavy atom. The molecule has 0 saturated heterocycles. The maximum Gasteiger partial charge on any atom is 0.221 e. The average molecular weight is 281 g/mol. The number of rotatable bonds is 4. The number of hydrogen-bond acceptors (Lipinski definition) is 3. The molecule has 0 saturated carbocycles. The summed E-state index contributed by atoms with van der Waals surface area (Å²) in [6.07, 6.45) is 3.03. The molecule has 0 atom stereocenters. The molecule has 0 radical (unpaired) electrons. The molecule has 2 N–H and O–H groups in total. The predicted octanol–water partition coefficient (Wildman–Crippen LogP) is 3.25. The van der Waals surface area contributed by atoms with Gasteiger partial charge in [0.2, 0.25) is 5.91 Å². The van der Waals surface area contributed by atoms with Gasteiger partial charge in [-0.1, -0.05) is 30.3 Å². The van der Waals surface area contributed by atoms with Crippen molar-refractivity contribution in [1.82, 2.24) is 0 Å². The molecule has 4 nitrogen and oxygen atoms in total. The first-order chi connectivity index (χ1) is 10.1. The third-order valence-corrected chi connectivity index (χ3v) is 2.80. The number of phenols is 1. The van der Waals surface area contributed by atoms with Crippen LogP contribution >= 0.6 is 0 Å². The Hall–Kier alpha value is -2.88. The molecule has 0 aromatic heterocycles. The minimum atomic E-state index is -0.280. The van der Waals surface area contributed by atoms with Crippen molar-refractivity contribution in [3.05, 3.63) is 65.7 Å². The second kappa shape index (κ2) is 6.52. The number of carbonyl (C=O) groups is 2. The second-order valence-corrected chi connectivity index (χ2v) is 4.52. The molecule has 0 fully saturated rings. The molecule has 0 aliphatic rings. The third-order valence-electron chi connectivity index (χ3n) is 2.80. The summed E-state index contributed by atoms with van der Waals surface area (Å²) in [5.74, 6) is -0.474. The first kappa shape index (κ1) is 14.5. The van der Waals surface area contributed by atoms with Crippen LogP contribution in [0, 0.1) is 0 Å². The number of phenolic OH excluding ortho intramolecular Hbond substituents is 1. The minimum absolute atomic E-state index is 0.0425. The van der Waals surface area contributed by atoms with Crippen LogP contribution in [0.5, 0.6) is 5.75 Å². The number of hydrogen-bond donors (Lipinski definition) is 2. The van der Waals surface area contributed by atoms with Crippen LogP contribution in [0.15, 0.2) is 54.6 Å². The number of anilines is 1. The topological polar surface area (TPSA) is 66.4 Å². The summed E-state index contributed by atoms with van der Waals surface area (Å²) in [5.41, 5.74) is 1.71. The highest BCUT2D eigenvalue weighted by molar-refractivity contribution is 6.08. The van der Waals surface area contributed by atoms with Crippen molar-refractivity contribution in [2.75, 3.05) is 5.32 Å². The van der Waals surface area contributed by atoms with Crippen molar-refractivity contribution in [3.63, 3.8) is 0 Å². The number of benzene rings is 2. The van der Waals surface area contributed by atoms with E-state index in [0.717, 1.165) is 5.56 Å². The van der Waals surface area contributed by atoms with Crippen LogP contribution in [-0.2, 0) is 4.79 Å². The molecule has 4 heteroatoms. The summed E-state index contributed by atoms with van der Waals surface area (Å²) in [4.78, 5) is 23.0. The molecule has 0 aliphatic carbocycles. The van der Waals surface area contributed by atoms with Crippen molar-refractivity contribution >= 4 is 23.5 Å². The van der Waals surface area contributed by atoms with E-state index < -0.39 is 0 Å². The molecule has 0 bridgehead atoms. The molecule has 1 amide bonds. The highest BCUT2D eigenvalue weighted by Gasteiger charge is 2.06. The number of para-hydroxylation sites is 1. The second-order valence-electron chi connectivity index (χ2n) is 4.52. The van der Waals surface area contributed by atoms with E-state index in [1.165, 1.54) is 19.1 Å². The van der Waals surface area contributed by atoms with Gasteiger partial charge in [-0.3, -0.25) is 9.59 Å². The van der Waals surface area contributed by atoms with Gasteiger partial charge < -0.3 is 10.4 Å². The van der Waals surface area contributed by atoms with Gasteiger partial charge in [-0.05, 0) is 35.9 Å². The Bertz CT molecular complexity index is 705. The Morgan fingerprint density at radius 3 is 2.57 bits per heavy atom. The maximum atomic E-state index is 12.0. The molecule has 21 heavy (non-hydrogen) atoms.